The smallest absolute Gasteiger partial charge is 0.229 e. The molecule has 4 rings (SSSR count). The average molecular weight is 467 g/mol. The first-order valence-corrected chi connectivity index (χ1v) is 11.3. The first kappa shape index (κ1) is 23.6. The number of hydrogen-bond donors (Lipinski definition) is 3. The van der Waals surface area contributed by atoms with E-state index in [9.17, 15) is 13.6 Å². The van der Waals surface area contributed by atoms with Crippen LogP contribution in [0.5, 0.6) is 0 Å². The number of halogens is 2. The lowest BCUT2D eigenvalue weighted by Gasteiger charge is -2.23. The fourth-order valence-electron chi connectivity index (χ4n) is 4.31. The van der Waals surface area contributed by atoms with Crippen molar-refractivity contribution in [3.05, 3.63) is 82.9 Å². The Bertz CT molecular complexity index is 1160. The second-order valence-electron chi connectivity index (χ2n) is 8.32. The maximum atomic E-state index is 13.8. The molecule has 1 aromatic carbocycles. The van der Waals surface area contributed by atoms with Crippen molar-refractivity contribution in [1.82, 2.24) is 9.97 Å². The quantitative estimate of drug-likeness (QED) is 0.447. The number of rotatable bonds is 9. The Labute approximate surface area is 197 Å². The molecule has 3 heterocycles. The van der Waals surface area contributed by atoms with Crippen molar-refractivity contribution in [2.75, 3.05) is 29.9 Å². The summed E-state index contributed by atoms with van der Waals surface area (Å²) in [6.45, 7) is 1.43. The summed E-state index contributed by atoms with van der Waals surface area (Å²) >= 11 is 0. The summed E-state index contributed by atoms with van der Waals surface area (Å²) in [5, 5.41) is 3.29. The van der Waals surface area contributed by atoms with Crippen LogP contribution in [0.3, 0.4) is 0 Å². The number of nitrogens with one attached hydrogen (secondary N) is 1. The number of alkyl halides is 1. The Morgan fingerprint density at radius 3 is 2.76 bits per heavy atom. The van der Waals surface area contributed by atoms with Crippen LogP contribution in [0.1, 0.15) is 34.7 Å². The summed E-state index contributed by atoms with van der Waals surface area (Å²) in [5.74, 6) is -0.598. The van der Waals surface area contributed by atoms with E-state index in [0.717, 1.165) is 5.56 Å². The summed E-state index contributed by atoms with van der Waals surface area (Å²) in [7, 11) is 0. The van der Waals surface area contributed by atoms with Gasteiger partial charge in [0.1, 0.15) is 23.6 Å². The number of amides is 1. The molecule has 0 spiro atoms. The third-order valence-corrected chi connectivity index (χ3v) is 5.99. The molecule has 1 fully saturated rings. The van der Waals surface area contributed by atoms with Crippen molar-refractivity contribution in [3.8, 4) is 0 Å². The monoisotopic (exact) mass is 466 g/mol. The maximum Gasteiger partial charge on any atom is 0.229 e. The molecule has 0 aliphatic carbocycles. The molecule has 0 bridgehead atoms. The topological polar surface area (TPSA) is 110 Å². The lowest BCUT2D eigenvalue weighted by molar-refractivity contribution is -0.118. The van der Waals surface area contributed by atoms with Gasteiger partial charge in [-0.3, -0.25) is 9.78 Å². The van der Waals surface area contributed by atoms with Gasteiger partial charge in [-0.25, -0.2) is 13.8 Å². The van der Waals surface area contributed by atoms with Gasteiger partial charge in [0.2, 0.25) is 5.91 Å². The Kier molecular flexibility index (Phi) is 7.32. The molecule has 1 saturated heterocycles. The number of aromatic nitrogens is 2. The molecule has 1 aliphatic heterocycles. The van der Waals surface area contributed by atoms with Crippen molar-refractivity contribution < 1.29 is 13.6 Å². The standard InChI is InChI=1S/C25H28F2N6O/c26-17-4-1-3-16(13-17)8-11-31-25-20(6-7-22(32-25)33-12-9-18(27)15-33)23(24(29)34)19-5-2-10-30-21(19)14-28/h1-7,10,13,18,23H,8-9,11-12,14-15,28H2,(H2,29,34)(H,31,32)/t18-,23?/m1/s1. The van der Waals surface area contributed by atoms with E-state index in [-0.39, 0.29) is 18.9 Å². The number of nitrogens with zero attached hydrogens (tertiary/aromatic N) is 3. The number of carbonyl (C=O) groups excluding carboxylic acids is 1. The van der Waals surface area contributed by atoms with Crippen molar-refractivity contribution in [2.45, 2.75) is 31.5 Å². The Hall–Kier alpha value is -3.59. The van der Waals surface area contributed by atoms with Gasteiger partial charge < -0.3 is 21.7 Å². The normalized spacial score (nSPS) is 16.4. The molecule has 9 heteroatoms. The first-order valence-electron chi connectivity index (χ1n) is 11.3. The zero-order chi connectivity index (χ0) is 24.1. The van der Waals surface area contributed by atoms with E-state index in [2.05, 4.69) is 10.3 Å². The van der Waals surface area contributed by atoms with E-state index in [0.29, 0.717) is 54.4 Å². The van der Waals surface area contributed by atoms with Crippen LogP contribution in [0.25, 0.3) is 0 Å². The highest BCUT2D eigenvalue weighted by Gasteiger charge is 2.28. The molecule has 34 heavy (non-hydrogen) atoms. The number of benzene rings is 1. The van der Waals surface area contributed by atoms with Gasteiger partial charge >= 0.3 is 0 Å². The van der Waals surface area contributed by atoms with E-state index < -0.39 is 18.0 Å². The van der Waals surface area contributed by atoms with Crippen LogP contribution >= 0.6 is 0 Å². The van der Waals surface area contributed by atoms with Crippen LogP contribution in [0.15, 0.2) is 54.7 Å². The zero-order valence-corrected chi connectivity index (χ0v) is 18.8. The molecule has 2 aromatic heterocycles. The van der Waals surface area contributed by atoms with E-state index in [1.165, 1.54) is 12.1 Å². The molecule has 5 N–H and O–H groups in total. The highest BCUT2D eigenvalue weighted by atomic mass is 19.1. The number of pyridine rings is 2. The van der Waals surface area contributed by atoms with Crippen molar-refractivity contribution in [1.29, 1.82) is 0 Å². The van der Waals surface area contributed by atoms with Gasteiger partial charge in [0, 0.05) is 31.4 Å². The molecule has 0 saturated carbocycles. The van der Waals surface area contributed by atoms with E-state index >= 15 is 0 Å². The largest absolute Gasteiger partial charge is 0.369 e. The SMILES string of the molecule is NCc1ncccc1C(C(N)=O)c1ccc(N2CC[C@@H](F)C2)nc1NCCc1cccc(F)c1. The van der Waals surface area contributed by atoms with Crippen molar-refractivity contribution in [2.24, 2.45) is 11.5 Å². The van der Waals surface area contributed by atoms with Crippen LogP contribution < -0.4 is 21.7 Å². The molecule has 2 atom stereocenters. The van der Waals surface area contributed by atoms with Crippen molar-refractivity contribution >= 4 is 17.5 Å². The third kappa shape index (κ3) is 5.31. The van der Waals surface area contributed by atoms with Gasteiger partial charge in [-0.2, -0.15) is 0 Å². The number of carbonyl (C=O) groups is 1. The summed E-state index contributed by atoms with van der Waals surface area (Å²) < 4.78 is 27.4. The number of anilines is 2. The number of hydrogen-bond acceptors (Lipinski definition) is 6. The molecular formula is C25H28F2N6O. The molecule has 0 radical (unpaired) electrons. The molecule has 1 unspecified atom stereocenters. The lowest BCUT2D eigenvalue weighted by Crippen LogP contribution is -2.27. The van der Waals surface area contributed by atoms with Crippen LogP contribution in [0, 0.1) is 5.82 Å². The van der Waals surface area contributed by atoms with Crippen LogP contribution in [0.2, 0.25) is 0 Å². The molecule has 1 amide bonds. The van der Waals surface area contributed by atoms with Gasteiger partial charge in [-0.1, -0.05) is 24.3 Å². The van der Waals surface area contributed by atoms with Gasteiger partial charge in [0.25, 0.3) is 0 Å². The minimum atomic E-state index is -0.897. The van der Waals surface area contributed by atoms with Crippen LogP contribution in [0.4, 0.5) is 20.4 Å². The fraction of sp³-hybridized carbons (Fsp3) is 0.320. The average Bonchev–Trinajstić information content (AvgIpc) is 3.26. The highest BCUT2D eigenvalue weighted by molar-refractivity contribution is 5.87. The predicted molar refractivity (Wildman–Crippen MR) is 128 cm³/mol. The first-order chi connectivity index (χ1) is 16.5. The minimum Gasteiger partial charge on any atom is -0.369 e. The maximum absolute atomic E-state index is 13.8. The number of primary amides is 1. The second kappa shape index (κ2) is 10.6. The second-order valence-corrected chi connectivity index (χ2v) is 8.32. The zero-order valence-electron chi connectivity index (χ0n) is 18.8. The third-order valence-electron chi connectivity index (χ3n) is 5.99. The summed E-state index contributed by atoms with van der Waals surface area (Å²) in [4.78, 5) is 23.5. The molecular weight excluding hydrogens is 438 g/mol. The van der Waals surface area contributed by atoms with Gasteiger partial charge in [0.15, 0.2) is 0 Å². The summed E-state index contributed by atoms with van der Waals surface area (Å²) in [5.41, 5.74) is 14.3. The number of nitrogens with two attached hydrogens (primary N) is 2. The highest BCUT2D eigenvalue weighted by Crippen LogP contribution is 2.33. The van der Waals surface area contributed by atoms with Gasteiger partial charge in [0.05, 0.1) is 18.2 Å². The van der Waals surface area contributed by atoms with Gasteiger partial charge in [-0.05, 0) is 48.2 Å². The predicted octanol–water partition coefficient (Wildman–Crippen LogP) is 2.89. The van der Waals surface area contributed by atoms with E-state index in [4.69, 9.17) is 16.5 Å². The van der Waals surface area contributed by atoms with E-state index in [1.807, 2.05) is 11.0 Å². The Balaban J connectivity index is 1.68. The molecule has 178 valence electrons. The van der Waals surface area contributed by atoms with Crippen LogP contribution in [-0.2, 0) is 17.8 Å². The van der Waals surface area contributed by atoms with Gasteiger partial charge in [-0.15, -0.1) is 0 Å². The molecule has 1 aliphatic rings. The molecule has 7 nitrogen and oxygen atoms in total. The molecule has 3 aromatic rings. The Morgan fingerprint density at radius 2 is 2.06 bits per heavy atom. The fourth-order valence-corrected chi connectivity index (χ4v) is 4.31. The summed E-state index contributed by atoms with van der Waals surface area (Å²) in [6.07, 6.45) is 1.71. The van der Waals surface area contributed by atoms with Crippen molar-refractivity contribution in [3.63, 3.8) is 0 Å². The lowest BCUT2D eigenvalue weighted by atomic mass is 9.89. The summed E-state index contributed by atoms with van der Waals surface area (Å²) in [6, 6.07) is 13.5. The van der Waals surface area contributed by atoms with E-state index in [1.54, 1.807) is 36.5 Å². The minimum absolute atomic E-state index is 0.152. The Morgan fingerprint density at radius 1 is 1.21 bits per heavy atom. The van der Waals surface area contributed by atoms with Crippen LogP contribution in [-0.4, -0.2) is 41.7 Å².